The minimum absolute atomic E-state index is 0.0129. The van der Waals surface area contributed by atoms with E-state index < -0.39 is 15.9 Å². The molecule has 2 aromatic carbocycles. The molecule has 0 saturated heterocycles. The van der Waals surface area contributed by atoms with E-state index in [2.05, 4.69) is 5.32 Å². The van der Waals surface area contributed by atoms with E-state index in [4.69, 9.17) is 0 Å². The molecular weight excluding hydrogens is 414 g/mol. The van der Waals surface area contributed by atoms with Gasteiger partial charge in [0, 0.05) is 30.4 Å². The molecule has 0 radical (unpaired) electrons. The van der Waals surface area contributed by atoms with Gasteiger partial charge in [-0.25, -0.2) is 8.42 Å². The summed E-state index contributed by atoms with van der Waals surface area (Å²) in [6.07, 6.45) is 2.48. The first-order valence-corrected chi connectivity index (χ1v) is 11.9. The number of aryl methyl sites for hydroxylation is 1. The van der Waals surface area contributed by atoms with Crippen LogP contribution in [0.15, 0.2) is 47.4 Å². The fourth-order valence-corrected chi connectivity index (χ4v) is 5.20. The summed E-state index contributed by atoms with van der Waals surface area (Å²) in [5.74, 6) is -0.172. The minimum atomic E-state index is -3.85. The van der Waals surface area contributed by atoms with Gasteiger partial charge in [0.1, 0.15) is 0 Å². The van der Waals surface area contributed by atoms with Gasteiger partial charge in [0.15, 0.2) is 0 Å². The SMILES string of the molecule is Cc1cccc(NC(=O)CN(C)S(=O)(=O)c2ccc3c(c2)C[C@@H](C)N3C(=O)C2CC2)c1. The standard InChI is InChI=1S/C23H27N3O4S/c1-15-5-4-6-19(11-15)24-22(27)14-25(3)31(29,30)20-9-10-21-18(13-20)12-16(2)26(21)23(28)17-7-8-17/h4-6,9-11,13,16-17H,7-8,12,14H2,1-3H3,(H,24,27)/t16-/m1/s1. The normalized spacial score (nSPS) is 18.2. The second-order valence-corrected chi connectivity index (χ2v) is 10.5. The highest BCUT2D eigenvalue weighted by molar-refractivity contribution is 7.89. The second-order valence-electron chi connectivity index (χ2n) is 8.50. The molecule has 1 aliphatic heterocycles. The van der Waals surface area contributed by atoms with Crippen molar-refractivity contribution < 1.29 is 18.0 Å². The molecular formula is C23H27N3O4S. The first kappa shape index (κ1) is 21.5. The number of carbonyl (C=O) groups is 2. The third kappa shape index (κ3) is 4.36. The van der Waals surface area contributed by atoms with Gasteiger partial charge in [-0.15, -0.1) is 0 Å². The summed E-state index contributed by atoms with van der Waals surface area (Å²) in [6.45, 7) is 3.60. The Bertz CT molecular complexity index is 1140. The Labute approximate surface area is 183 Å². The zero-order valence-electron chi connectivity index (χ0n) is 18.0. The van der Waals surface area contributed by atoms with Gasteiger partial charge in [-0.2, -0.15) is 4.31 Å². The number of hydrogen-bond donors (Lipinski definition) is 1. The maximum atomic E-state index is 13.1. The van der Waals surface area contributed by atoms with Crippen LogP contribution in [-0.4, -0.2) is 44.2 Å². The van der Waals surface area contributed by atoms with Gasteiger partial charge in [0.25, 0.3) is 0 Å². The smallest absolute Gasteiger partial charge is 0.243 e. The highest BCUT2D eigenvalue weighted by Crippen LogP contribution is 2.39. The van der Waals surface area contributed by atoms with E-state index in [-0.39, 0.29) is 29.3 Å². The van der Waals surface area contributed by atoms with Crippen LogP contribution in [0.1, 0.15) is 30.9 Å². The molecule has 8 heteroatoms. The van der Waals surface area contributed by atoms with Crippen molar-refractivity contribution in [2.24, 2.45) is 5.92 Å². The molecule has 1 atom stereocenters. The summed E-state index contributed by atoms with van der Waals surface area (Å²) in [7, 11) is -2.45. The van der Waals surface area contributed by atoms with Crippen LogP contribution in [0.5, 0.6) is 0 Å². The number of hydrogen-bond acceptors (Lipinski definition) is 4. The molecule has 1 saturated carbocycles. The van der Waals surface area contributed by atoms with Gasteiger partial charge in [0.2, 0.25) is 21.8 Å². The largest absolute Gasteiger partial charge is 0.325 e. The monoisotopic (exact) mass is 441 g/mol. The predicted octanol–water partition coefficient (Wildman–Crippen LogP) is 2.94. The lowest BCUT2D eigenvalue weighted by Crippen LogP contribution is -2.36. The molecule has 4 rings (SSSR count). The summed E-state index contributed by atoms with van der Waals surface area (Å²) in [5, 5.41) is 2.73. The lowest BCUT2D eigenvalue weighted by molar-refractivity contribution is -0.120. The highest BCUT2D eigenvalue weighted by Gasteiger charge is 2.40. The van der Waals surface area contributed by atoms with E-state index in [1.54, 1.807) is 18.2 Å². The van der Waals surface area contributed by atoms with E-state index >= 15 is 0 Å². The number of rotatable bonds is 6. The van der Waals surface area contributed by atoms with Crippen LogP contribution in [-0.2, 0) is 26.0 Å². The van der Waals surface area contributed by atoms with Crippen molar-refractivity contribution in [1.82, 2.24) is 4.31 Å². The van der Waals surface area contributed by atoms with Crippen LogP contribution in [0.25, 0.3) is 0 Å². The number of amides is 2. The van der Waals surface area contributed by atoms with Crippen molar-refractivity contribution in [2.45, 2.75) is 44.0 Å². The topological polar surface area (TPSA) is 86.8 Å². The van der Waals surface area contributed by atoms with Crippen molar-refractivity contribution in [3.63, 3.8) is 0 Å². The summed E-state index contributed by atoms with van der Waals surface area (Å²) in [6, 6.07) is 12.2. The fraction of sp³-hybridized carbons (Fsp3) is 0.391. The Balaban J connectivity index is 1.49. The van der Waals surface area contributed by atoms with E-state index in [9.17, 15) is 18.0 Å². The molecule has 0 aromatic heterocycles. The molecule has 1 fully saturated rings. The summed E-state index contributed by atoms with van der Waals surface area (Å²) < 4.78 is 27.2. The molecule has 1 N–H and O–H groups in total. The van der Waals surface area contributed by atoms with Crippen molar-refractivity contribution in [3.05, 3.63) is 53.6 Å². The number of anilines is 2. The molecule has 2 aromatic rings. The number of likely N-dealkylation sites (N-methyl/N-ethyl adjacent to an activating group) is 1. The number of fused-ring (bicyclic) bond motifs is 1. The van der Waals surface area contributed by atoms with Crippen LogP contribution >= 0.6 is 0 Å². The van der Waals surface area contributed by atoms with Gasteiger partial charge < -0.3 is 10.2 Å². The van der Waals surface area contributed by atoms with Gasteiger partial charge in [0.05, 0.1) is 11.4 Å². The molecule has 1 aliphatic carbocycles. The van der Waals surface area contributed by atoms with Crippen LogP contribution in [0, 0.1) is 12.8 Å². The number of nitrogens with one attached hydrogen (secondary N) is 1. The van der Waals surface area contributed by atoms with E-state index in [1.807, 2.05) is 36.9 Å². The summed E-state index contributed by atoms with van der Waals surface area (Å²) in [4.78, 5) is 26.9. The van der Waals surface area contributed by atoms with Gasteiger partial charge in [-0.1, -0.05) is 12.1 Å². The lowest BCUT2D eigenvalue weighted by atomic mass is 10.1. The van der Waals surface area contributed by atoms with Crippen molar-refractivity contribution in [3.8, 4) is 0 Å². The molecule has 2 amide bonds. The van der Waals surface area contributed by atoms with E-state index in [0.717, 1.165) is 34.0 Å². The Kier molecular flexibility index (Phi) is 5.61. The van der Waals surface area contributed by atoms with Gasteiger partial charge in [-0.3, -0.25) is 9.59 Å². The molecule has 31 heavy (non-hydrogen) atoms. The number of benzene rings is 2. The van der Waals surface area contributed by atoms with E-state index in [1.165, 1.54) is 13.1 Å². The quantitative estimate of drug-likeness (QED) is 0.747. The van der Waals surface area contributed by atoms with Crippen molar-refractivity contribution >= 4 is 33.2 Å². The zero-order valence-corrected chi connectivity index (χ0v) is 18.8. The van der Waals surface area contributed by atoms with Gasteiger partial charge in [-0.05, 0) is 74.6 Å². The zero-order chi connectivity index (χ0) is 22.3. The predicted molar refractivity (Wildman–Crippen MR) is 119 cm³/mol. The van der Waals surface area contributed by atoms with Crippen LogP contribution < -0.4 is 10.2 Å². The number of nitrogens with zero attached hydrogens (tertiary/aromatic N) is 2. The van der Waals surface area contributed by atoms with E-state index in [0.29, 0.717) is 12.1 Å². The highest BCUT2D eigenvalue weighted by atomic mass is 32.2. The first-order chi connectivity index (χ1) is 14.7. The Morgan fingerprint density at radius 1 is 1.16 bits per heavy atom. The Morgan fingerprint density at radius 2 is 1.90 bits per heavy atom. The first-order valence-electron chi connectivity index (χ1n) is 10.5. The average Bonchev–Trinajstić information content (AvgIpc) is 3.49. The molecule has 7 nitrogen and oxygen atoms in total. The second kappa shape index (κ2) is 8.09. The van der Waals surface area contributed by atoms with Crippen LogP contribution in [0.4, 0.5) is 11.4 Å². The minimum Gasteiger partial charge on any atom is -0.325 e. The maximum absolute atomic E-state index is 13.1. The third-order valence-electron chi connectivity index (χ3n) is 5.81. The third-order valence-corrected chi connectivity index (χ3v) is 7.61. The average molecular weight is 442 g/mol. The lowest BCUT2D eigenvalue weighted by Gasteiger charge is -2.23. The molecule has 0 spiro atoms. The van der Waals surface area contributed by atoms with Gasteiger partial charge >= 0.3 is 0 Å². The molecule has 0 bridgehead atoms. The fourth-order valence-electron chi connectivity index (χ4n) is 4.02. The Hall–Kier alpha value is -2.71. The molecule has 164 valence electrons. The molecule has 2 aliphatic rings. The molecule has 0 unspecified atom stereocenters. The summed E-state index contributed by atoms with van der Waals surface area (Å²) >= 11 is 0. The van der Waals surface area contributed by atoms with Crippen molar-refractivity contribution in [2.75, 3.05) is 23.8 Å². The molecule has 1 heterocycles. The van der Waals surface area contributed by atoms with Crippen LogP contribution in [0.3, 0.4) is 0 Å². The number of sulfonamides is 1. The maximum Gasteiger partial charge on any atom is 0.243 e. The summed E-state index contributed by atoms with van der Waals surface area (Å²) in [5.41, 5.74) is 3.27. The van der Waals surface area contributed by atoms with Crippen LogP contribution in [0.2, 0.25) is 0 Å². The number of carbonyl (C=O) groups excluding carboxylic acids is 2. The Morgan fingerprint density at radius 3 is 2.58 bits per heavy atom. The van der Waals surface area contributed by atoms with Crippen molar-refractivity contribution in [1.29, 1.82) is 0 Å².